The van der Waals surface area contributed by atoms with Crippen molar-refractivity contribution in [1.82, 2.24) is 9.80 Å². The van der Waals surface area contributed by atoms with Crippen molar-refractivity contribution < 1.29 is 14.3 Å². The fourth-order valence-corrected chi connectivity index (χ4v) is 5.20. The van der Waals surface area contributed by atoms with Crippen LogP contribution in [0, 0.1) is 11.8 Å². The summed E-state index contributed by atoms with van der Waals surface area (Å²) in [6.07, 6.45) is 11.4. The average Bonchev–Trinajstić information content (AvgIpc) is 2.83. The van der Waals surface area contributed by atoms with Crippen LogP contribution in [0.2, 0.25) is 0 Å². The van der Waals surface area contributed by atoms with Gasteiger partial charge >= 0.3 is 0 Å². The molecule has 2 heterocycles. The molecule has 0 N–H and O–H groups in total. The van der Waals surface area contributed by atoms with Crippen LogP contribution < -0.4 is 4.74 Å². The van der Waals surface area contributed by atoms with Crippen LogP contribution in [-0.4, -0.2) is 54.4 Å². The van der Waals surface area contributed by atoms with Gasteiger partial charge in [-0.2, -0.15) is 0 Å². The predicted molar refractivity (Wildman–Crippen MR) is 118 cm³/mol. The largest absolute Gasteiger partial charge is 0.493 e. The number of carbonyl (C=O) groups excluding carboxylic acids is 2. The minimum atomic E-state index is 0.130. The Kier molecular flexibility index (Phi) is 7.29. The standard InChI is InChI=1S/C25H36N2O3/c28-24(26-15-5-2-6-16-26)22-11-13-23(14-12-22)30-19-20-8-7-17-27(18-20)25(29)21-9-3-1-4-10-21/h11-14,20-21H,1-10,15-19H2. The summed E-state index contributed by atoms with van der Waals surface area (Å²) in [5.41, 5.74) is 0.742. The first kappa shape index (κ1) is 21.2. The zero-order valence-corrected chi connectivity index (χ0v) is 18.2. The van der Waals surface area contributed by atoms with Crippen LogP contribution in [0.4, 0.5) is 0 Å². The van der Waals surface area contributed by atoms with E-state index in [-0.39, 0.29) is 11.8 Å². The molecule has 1 aromatic rings. The quantitative estimate of drug-likeness (QED) is 0.715. The van der Waals surface area contributed by atoms with Gasteiger partial charge < -0.3 is 14.5 Å². The maximum absolute atomic E-state index is 12.9. The van der Waals surface area contributed by atoms with Crippen LogP contribution >= 0.6 is 0 Å². The van der Waals surface area contributed by atoms with Crippen LogP contribution in [0.15, 0.2) is 24.3 Å². The Hall–Kier alpha value is -2.04. The number of likely N-dealkylation sites (tertiary alicyclic amines) is 2. The molecule has 2 saturated heterocycles. The van der Waals surface area contributed by atoms with Crippen molar-refractivity contribution >= 4 is 11.8 Å². The molecule has 2 amide bonds. The first-order chi connectivity index (χ1) is 14.7. The summed E-state index contributed by atoms with van der Waals surface area (Å²) in [5.74, 6) is 1.95. The van der Waals surface area contributed by atoms with E-state index in [4.69, 9.17) is 4.74 Å². The lowest BCUT2D eigenvalue weighted by molar-refractivity contribution is -0.138. The maximum atomic E-state index is 12.9. The van der Waals surface area contributed by atoms with E-state index >= 15 is 0 Å². The summed E-state index contributed by atoms with van der Waals surface area (Å²) in [6.45, 7) is 4.09. The van der Waals surface area contributed by atoms with E-state index in [1.165, 1.54) is 25.7 Å². The molecule has 30 heavy (non-hydrogen) atoms. The second-order valence-electron chi connectivity index (χ2n) is 9.32. The first-order valence-corrected chi connectivity index (χ1v) is 12.0. The fraction of sp³-hybridized carbons (Fsp3) is 0.680. The molecule has 5 nitrogen and oxygen atoms in total. The molecule has 0 radical (unpaired) electrons. The van der Waals surface area contributed by atoms with E-state index in [2.05, 4.69) is 4.90 Å². The van der Waals surface area contributed by atoms with Crippen LogP contribution in [0.3, 0.4) is 0 Å². The predicted octanol–water partition coefficient (Wildman–Crippen LogP) is 4.51. The van der Waals surface area contributed by atoms with E-state index in [0.717, 1.165) is 76.0 Å². The summed E-state index contributed by atoms with van der Waals surface area (Å²) < 4.78 is 6.04. The van der Waals surface area contributed by atoms with Crippen molar-refractivity contribution in [3.8, 4) is 5.75 Å². The lowest BCUT2D eigenvalue weighted by atomic mass is 9.87. The minimum Gasteiger partial charge on any atom is -0.493 e. The van der Waals surface area contributed by atoms with Gasteiger partial charge in [0.2, 0.25) is 5.91 Å². The Labute approximate surface area is 180 Å². The van der Waals surface area contributed by atoms with Gasteiger partial charge in [0.25, 0.3) is 5.91 Å². The van der Waals surface area contributed by atoms with Crippen molar-refractivity contribution in [1.29, 1.82) is 0 Å². The highest BCUT2D eigenvalue weighted by Gasteiger charge is 2.30. The number of hydrogen-bond donors (Lipinski definition) is 0. The van der Waals surface area contributed by atoms with Gasteiger partial charge in [0.05, 0.1) is 6.61 Å². The van der Waals surface area contributed by atoms with Gasteiger partial charge in [-0.1, -0.05) is 19.3 Å². The second kappa shape index (κ2) is 10.3. The van der Waals surface area contributed by atoms with E-state index in [1.54, 1.807) is 0 Å². The maximum Gasteiger partial charge on any atom is 0.253 e. The van der Waals surface area contributed by atoms with Crippen LogP contribution in [0.5, 0.6) is 5.75 Å². The molecule has 0 aromatic heterocycles. The molecule has 164 valence electrons. The normalized spacial score (nSPS) is 23.3. The highest BCUT2D eigenvalue weighted by molar-refractivity contribution is 5.94. The third-order valence-corrected chi connectivity index (χ3v) is 7.02. The van der Waals surface area contributed by atoms with Crippen LogP contribution in [0.1, 0.15) is 74.6 Å². The smallest absolute Gasteiger partial charge is 0.253 e. The Bertz CT molecular complexity index is 706. The Morgan fingerprint density at radius 1 is 0.800 bits per heavy atom. The molecule has 2 aliphatic heterocycles. The molecule has 4 rings (SSSR count). The van der Waals surface area contributed by atoms with Crippen molar-refractivity contribution in [2.24, 2.45) is 11.8 Å². The molecular weight excluding hydrogens is 376 g/mol. The highest BCUT2D eigenvalue weighted by atomic mass is 16.5. The number of rotatable bonds is 5. The number of benzene rings is 1. The van der Waals surface area contributed by atoms with Gasteiger partial charge in [-0.3, -0.25) is 9.59 Å². The van der Waals surface area contributed by atoms with E-state index in [9.17, 15) is 9.59 Å². The zero-order valence-electron chi connectivity index (χ0n) is 18.2. The number of hydrogen-bond acceptors (Lipinski definition) is 3. The lowest BCUT2D eigenvalue weighted by Crippen LogP contribution is -2.44. The van der Waals surface area contributed by atoms with E-state index < -0.39 is 0 Å². The molecule has 5 heteroatoms. The van der Waals surface area contributed by atoms with Crippen molar-refractivity contribution in [3.05, 3.63) is 29.8 Å². The average molecular weight is 413 g/mol. The van der Waals surface area contributed by atoms with Gasteiger partial charge in [-0.25, -0.2) is 0 Å². The fourth-order valence-electron chi connectivity index (χ4n) is 5.20. The summed E-state index contributed by atoms with van der Waals surface area (Å²) in [5, 5.41) is 0. The highest BCUT2D eigenvalue weighted by Crippen LogP contribution is 2.28. The van der Waals surface area contributed by atoms with Gasteiger partial charge in [-0.05, 0) is 69.2 Å². The Balaban J connectivity index is 1.25. The molecular formula is C25H36N2O3. The van der Waals surface area contributed by atoms with E-state index in [1.807, 2.05) is 29.2 Å². The summed E-state index contributed by atoms with van der Waals surface area (Å²) >= 11 is 0. The Morgan fingerprint density at radius 3 is 2.20 bits per heavy atom. The summed E-state index contributed by atoms with van der Waals surface area (Å²) in [6, 6.07) is 7.58. The molecule has 3 aliphatic rings. The molecule has 3 fully saturated rings. The molecule has 0 bridgehead atoms. The number of ether oxygens (including phenoxy) is 1. The van der Waals surface area contributed by atoms with E-state index in [0.29, 0.717) is 18.4 Å². The first-order valence-electron chi connectivity index (χ1n) is 12.0. The zero-order chi connectivity index (χ0) is 20.8. The summed E-state index contributed by atoms with van der Waals surface area (Å²) in [4.78, 5) is 29.5. The van der Waals surface area contributed by atoms with Gasteiger partial charge in [0.1, 0.15) is 5.75 Å². The molecule has 1 aromatic carbocycles. The third-order valence-electron chi connectivity index (χ3n) is 7.02. The molecule has 0 spiro atoms. The topological polar surface area (TPSA) is 49.9 Å². The monoisotopic (exact) mass is 412 g/mol. The number of amides is 2. The van der Waals surface area contributed by atoms with Crippen LogP contribution in [0.25, 0.3) is 0 Å². The van der Waals surface area contributed by atoms with Crippen molar-refractivity contribution in [3.63, 3.8) is 0 Å². The number of nitrogens with zero attached hydrogens (tertiary/aromatic N) is 2. The van der Waals surface area contributed by atoms with Crippen molar-refractivity contribution in [2.45, 2.75) is 64.2 Å². The number of carbonyl (C=O) groups is 2. The van der Waals surface area contributed by atoms with Crippen molar-refractivity contribution in [2.75, 3.05) is 32.8 Å². The molecule has 1 aliphatic carbocycles. The molecule has 1 atom stereocenters. The second-order valence-corrected chi connectivity index (χ2v) is 9.32. The van der Waals surface area contributed by atoms with Crippen LogP contribution in [-0.2, 0) is 4.79 Å². The lowest BCUT2D eigenvalue weighted by Gasteiger charge is -2.35. The number of piperidine rings is 2. The van der Waals surface area contributed by atoms with Gasteiger partial charge in [0, 0.05) is 43.6 Å². The Morgan fingerprint density at radius 2 is 1.47 bits per heavy atom. The van der Waals surface area contributed by atoms with Gasteiger partial charge in [0.15, 0.2) is 0 Å². The minimum absolute atomic E-state index is 0.130. The summed E-state index contributed by atoms with van der Waals surface area (Å²) in [7, 11) is 0. The molecule has 1 saturated carbocycles. The third kappa shape index (κ3) is 5.35. The van der Waals surface area contributed by atoms with Gasteiger partial charge in [-0.15, -0.1) is 0 Å². The SMILES string of the molecule is O=C(c1ccc(OCC2CCCN(C(=O)C3CCCCC3)C2)cc1)N1CCCCC1. The molecule has 1 unspecified atom stereocenters.